The molecule has 1 aromatic carbocycles. The van der Waals surface area contributed by atoms with Crippen molar-refractivity contribution in [3.8, 4) is 0 Å². The highest BCUT2D eigenvalue weighted by Gasteiger charge is 2.38. The van der Waals surface area contributed by atoms with Gasteiger partial charge in [-0.1, -0.05) is 12.1 Å². The predicted octanol–water partition coefficient (Wildman–Crippen LogP) is 2.93. The Balaban J connectivity index is 1.38. The summed E-state index contributed by atoms with van der Waals surface area (Å²) in [5.41, 5.74) is 3.95. The average Bonchev–Trinajstić information content (AvgIpc) is 3.36. The number of halogens is 1. The number of allylic oxidation sites excluding steroid dienone is 3. The standard InChI is InChI=1S/C25H23BrN8O/c1-33-7-9-34(10-8-33)20-11-14(5-6-28-20)24-30-23-18(26)12-16(22(27)21(23)25(35)31-24)15-3-2-4-19-17(15)13-29-32-19/h2-6,11-13,21,27H,7-10H2,1H3,(H,29,32)(H,30,31,35). The van der Waals surface area contributed by atoms with Crippen LogP contribution in [0.15, 0.2) is 64.0 Å². The van der Waals surface area contributed by atoms with Gasteiger partial charge in [0, 0.05) is 53.4 Å². The topological polar surface area (TPSA) is 113 Å². The molecule has 10 heteroatoms. The number of amides is 1. The van der Waals surface area contributed by atoms with Crippen molar-refractivity contribution in [2.45, 2.75) is 0 Å². The number of aliphatic imine (C=N–C) groups is 1. The number of rotatable bonds is 3. The maximum atomic E-state index is 13.3. The fraction of sp³-hybridized carbons (Fsp3) is 0.240. The highest BCUT2D eigenvalue weighted by Crippen LogP contribution is 2.39. The van der Waals surface area contributed by atoms with E-state index >= 15 is 0 Å². The lowest BCUT2D eigenvalue weighted by atomic mass is 9.83. The fourth-order valence-corrected chi connectivity index (χ4v) is 5.30. The monoisotopic (exact) mass is 530 g/mol. The Morgan fingerprint density at radius 3 is 2.83 bits per heavy atom. The molecule has 3 aliphatic rings. The maximum Gasteiger partial charge on any atom is 0.240 e. The van der Waals surface area contributed by atoms with E-state index in [0.29, 0.717) is 21.6 Å². The molecule has 1 atom stereocenters. The largest absolute Gasteiger partial charge is 0.354 e. The van der Waals surface area contributed by atoms with Crippen molar-refractivity contribution >= 4 is 55.7 Å². The SMILES string of the molecule is CN1CCN(c2cc(C3=NC4=C(Br)C=C(c5cccc6[nH]ncc56)C(=N)C4C(=O)N3)ccn2)CC1. The van der Waals surface area contributed by atoms with Gasteiger partial charge in [0.05, 0.1) is 23.1 Å². The molecule has 0 spiro atoms. The Morgan fingerprint density at radius 2 is 2.00 bits per heavy atom. The normalized spacial score (nSPS) is 21.1. The molecule has 1 amide bonds. The van der Waals surface area contributed by atoms with E-state index in [2.05, 4.69) is 53.3 Å². The lowest BCUT2D eigenvalue weighted by molar-refractivity contribution is -0.121. The molecule has 2 aromatic heterocycles. The van der Waals surface area contributed by atoms with Crippen LogP contribution in [-0.4, -0.2) is 70.8 Å². The van der Waals surface area contributed by atoms with Crippen LogP contribution in [0.25, 0.3) is 16.5 Å². The van der Waals surface area contributed by atoms with Gasteiger partial charge in [0.15, 0.2) is 0 Å². The summed E-state index contributed by atoms with van der Waals surface area (Å²) in [6, 6.07) is 9.60. The summed E-state index contributed by atoms with van der Waals surface area (Å²) < 4.78 is 0.690. The van der Waals surface area contributed by atoms with Crippen LogP contribution in [0.4, 0.5) is 5.82 Å². The van der Waals surface area contributed by atoms with E-state index in [4.69, 9.17) is 10.4 Å². The minimum absolute atomic E-state index is 0.213. The van der Waals surface area contributed by atoms with Crippen molar-refractivity contribution in [1.29, 1.82) is 5.41 Å². The Bertz CT molecular complexity index is 1460. The van der Waals surface area contributed by atoms with Crippen molar-refractivity contribution in [2.24, 2.45) is 10.9 Å². The zero-order chi connectivity index (χ0) is 24.1. The molecule has 3 N–H and O–H groups in total. The minimum atomic E-state index is -0.797. The second-order valence-electron chi connectivity index (χ2n) is 8.92. The fourth-order valence-electron chi connectivity index (χ4n) is 4.76. The van der Waals surface area contributed by atoms with Gasteiger partial charge in [0.25, 0.3) is 0 Å². The Labute approximate surface area is 210 Å². The van der Waals surface area contributed by atoms with E-state index in [1.807, 2.05) is 36.4 Å². The van der Waals surface area contributed by atoms with E-state index in [-0.39, 0.29) is 11.6 Å². The third-order valence-corrected chi connectivity index (χ3v) is 7.36. The minimum Gasteiger partial charge on any atom is -0.354 e. The molecular formula is C25H23BrN8O. The van der Waals surface area contributed by atoms with E-state index in [0.717, 1.165) is 54.0 Å². The van der Waals surface area contributed by atoms with E-state index < -0.39 is 5.92 Å². The zero-order valence-corrected chi connectivity index (χ0v) is 20.6. The number of piperazine rings is 1. The molecule has 0 bridgehead atoms. The van der Waals surface area contributed by atoms with Gasteiger partial charge in [-0.05, 0) is 52.8 Å². The summed E-state index contributed by atoms with van der Waals surface area (Å²) in [4.78, 5) is 27.2. The van der Waals surface area contributed by atoms with Gasteiger partial charge in [-0.2, -0.15) is 5.10 Å². The number of fused-ring (bicyclic) bond motifs is 2. The number of carbonyl (C=O) groups is 1. The second kappa shape index (κ2) is 8.54. The Hall–Kier alpha value is -3.63. The van der Waals surface area contributed by atoms with Crippen LogP contribution in [0, 0.1) is 11.3 Å². The number of hydrogen-bond donors (Lipinski definition) is 3. The van der Waals surface area contributed by atoms with Crippen LogP contribution in [0.1, 0.15) is 11.1 Å². The number of hydrogen-bond acceptors (Lipinski definition) is 7. The Morgan fingerprint density at radius 1 is 1.17 bits per heavy atom. The number of carbonyl (C=O) groups excluding carboxylic acids is 1. The number of aromatic amines is 1. The molecule has 0 radical (unpaired) electrons. The molecular weight excluding hydrogens is 508 g/mol. The number of anilines is 1. The predicted molar refractivity (Wildman–Crippen MR) is 140 cm³/mol. The van der Waals surface area contributed by atoms with Gasteiger partial charge in [-0.15, -0.1) is 0 Å². The van der Waals surface area contributed by atoms with E-state index in [1.165, 1.54) is 0 Å². The number of pyridine rings is 1. The molecule has 1 aliphatic carbocycles. The number of amidine groups is 1. The molecule has 2 aliphatic heterocycles. The molecule has 4 heterocycles. The van der Waals surface area contributed by atoms with Crippen molar-refractivity contribution in [1.82, 2.24) is 25.4 Å². The number of H-pyrrole nitrogens is 1. The first-order valence-corrected chi connectivity index (χ1v) is 12.2. The van der Waals surface area contributed by atoms with Crippen molar-refractivity contribution in [2.75, 3.05) is 38.1 Å². The highest BCUT2D eigenvalue weighted by atomic mass is 79.9. The number of nitrogens with one attached hydrogen (secondary N) is 3. The smallest absolute Gasteiger partial charge is 0.240 e. The molecule has 1 fully saturated rings. The van der Waals surface area contributed by atoms with Crippen LogP contribution >= 0.6 is 15.9 Å². The van der Waals surface area contributed by atoms with Crippen LogP contribution in [0.5, 0.6) is 0 Å². The molecule has 1 saturated heterocycles. The number of aromatic nitrogens is 3. The van der Waals surface area contributed by atoms with Gasteiger partial charge < -0.3 is 20.5 Å². The zero-order valence-electron chi connectivity index (χ0n) is 19.0. The summed E-state index contributed by atoms with van der Waals surface area (Å²) in [6.45, 7) is 3.76. The van der Waals surface area contributed by atoms with Gasteiger partial charge in [-0.3, -0.25) is 9.89 Å². The third-order valence-electron chi connectivity index (χ3n) is 6.73. The molecule has 176 valence electrons. The van der Waals surface area contributed by atoms with Gasteiger partial charge in [-0.25, -0.2) is 9.98 Å². The second-order valence-corrected chi connectivity index (χ2v) is 9.77. The first kappa shape index (κ1) is 21.9. The third kappa shape index (κ3) is 3.78. The van der Waals surface area contributed by atoms with E-state index in [9.17, 15) is 4.79 Å². The van der Waals surface area contributed by atoms with Gasteiger partial charge in [0.1, 0.15) is 17.6 Å². The van der Waals surface area contributed by atoms with Crippen molar-refractivity contribution in [3.63, 3.8) is 0 Å². The van der Waals surface area contributed by atoms with Crippen LogP contribution in [0.2, 0.25) is 0 Å². The highest BCUT2D eigenvalue weighted by molar-refractivity contribution is 9.11. The first-order chi connectivity index (χ1) is 17.0. The van der Waals surface area contributed by atoms with Crippen LogP contribution in [0.3, 0.4) is 0 Å². The summed E-state index contributed by atoms with van der Waals surface area (Å²) in [5.74, 6) is 0.274. The van der Waals surface area contributed by atoms with Crippen molar-refractivity contribution in [3.05, 3.63) is 70.1 Å². The summed E-state index contributed by atoms with van der Waals surface area (Å²) >= 11 is 3.63. The average molecular weight is 531 g/mol. The number of benzene rings is 1. The summed E-state index contributed by atoms with van der Waals surface area (Å²) in [7, 11) is 2.12. The summed E-state index contributed by atoms with van der Waals surface area (Å²) in [6.07, 6.45) is 5.36. The molecule has 0 saturated carbocycles. The molecule has 35 heavy (non-hydrogen) atoms. The molecule has 9 nitrogen and oxygen atoms in total. The van der Waals surface area contributed by atoms with Crippen LogP contribution in [-0.2, 0) is 4.79 Å². The number of likely N-dealkylation sites (N-methyl/N-ethyl adjacent to an activating group) is 1. The van der Waals surface area contributed by atoms with Gasteiger partial charge in [0.2, 0.25) is 5.91 Å². The summed E-state index contributed by atoms with van der Waals surface area (Å²) in [5, 5.41) is 19.8. The maximum absolute atomic E-state index is 13.3. The molecule has 6 rings (SSSR count). The lowest BCUT2D eigenvalue weighted by Gasteiger charge is -2.33. The molecule has 1 unspecified atom stereocenters. The van der Waals surface area contributed by atoms with Gasteiger partial charge >= 0.3 is 0 Å². The Kier molecular flexibility index (Phi) is 5.34. The van der Waals surface area contributed by atoms with Crippen molar-refractivity contribution < 1.29 is 4.79 Å². The molecule has 3 aromatic rings. The van der Waals surface area contributed by atoms with E-state index in [1.54, 1.807) is 12.4 Å². The first-order valence-electron chi connectivity index (χ1n) is 11.4. The number of nitrogens with zero attached hydrogens (tertiary/aromatic N) is 5. The lowest BCUT2D eigenvalue weighted by Crippen LogP contribution is -2.46. The van der Waals surface area contributed by atoms with Crippen LogP contribution < -0.4 is 10.2 Å². The quantitative estimate of drug-likeness (QED) is 0.481.